The molecule has 0 saturated carbocycles. The molecule has 28 heavy (non-hydrogen) atoms. The van der Waals surface area contributed by atoms with E-state index >= 15 is 0 Å². The first-order chi connectivity index (χ1) is 13.6. The van der Waals surface area contributed by atoms with E-state index in [1.807, 2.05) is 55.5 Å². The number of benzene rings is 2. The number of nitrogens with two attached hydrogens (primary N) is 1. The summed E-state index contributed by atoms with van der Waals surface area (Å²) in [5.41, 5.74) is 9.56. The number of hydrogen-bond donors (Lipinski definition) is 2. The smallest absolute Gasteiger partial charge is 0.234 e. The standard InChI is InChI=1S/C23H25N3O2/c1-3-11-28-23-19(14-18-12-16(2)9-10-20(18)26-23)15-25-21(22(24)27)13-17-7-5-4-6-8-17/h3-10,12,14,21,25H,1,11,13,15H2,2H3,(H2,24,27)/t21-/m0/s1. The van der Waals surface area contributed by atoms with Crippen LogP contribution in [0.4, 0.5) is 0 Å². The molecule has 0 aliphatic carbocycles. The molecular formula is C23H25N3O2. The minimum Gasteiger partial charge on any atom is -0.473 e. The summed E-state index contributed by atoms with van der Waals surface area (Å²) in [6, 6.07) is 17.4. The maximum atomic E-state index is 11.9. The van der Waals surface area contributed by atoms with Crippen molar-refractivity contribution in [1.82, 2.24) is 10.3 Å². The first-order valence-electron chi connectivity index (χ1n) is 9.27. The van der Waals surface area contributed by atoms with Crippen LogP contribution < -0.4 is 15.8 Å². The van der Waals surface area contributed by atoms with Crippen molar-refractivity contribution in [3.63, 3.8) is 0 Å². The number of amides is 1. The van der Waals surface area contributed by atoms with Crippen LogP contribution in [0.1, 0.15) is 16.7 Å². The van der Waals surface area contributed by atoms with E-state index in [-0.39, 0.29) is 5.91 Å². The van der Waals surface area contributed by atoms with Gasteiger partial charge in [-0.25, -0.2) is 4.98 Å². The zero-order chi connectivity index (χ0) is 19.9. The van der Waals surface area contributed by atoms with Gasteiger partial charge in [-0.1, -0.05) is 54.6 Å². The Labute approximate surface area is 165 Å². The van der Waals surface area contributed by atoms with Crippen molar-refractivity contribution < 1.29 is 9.53 Å². The van der Waals surface area contributed by atoms with Crippen molar-refractivity contribution in [3.05, 3.63) is 83.9 Å². The second-order valence-corrected chi connectivity index (χ2v) is 6.77. The van der Waals surface area contributed by atoms with Gasteiger partial charge in [-0.3, -0.25) is 4.79 Å². The van der Waals surface area contributed by atoms with Gasteiger partial charge < -0.3 is 15.8 Å². The third-order valence-corrected chi connectivity index (χ3v) is 4.51. The molecule has 3 aromatic rings. The summed E-state index contributed by atoms with van der Waals surface area (Å²) >= 11 is 0. The molecule has 2 aromatic carbocycles. The van der Waals surface area contributed by atoms with Crippen molar-refractivity contribution in [3.8, 4) is 5.88 Å². The van der Waals surface area contributed by atoms with Gasteiger partial charge in [0.25, 0.3) is 0 Å². The van der Waals surface area contributed by atoms with E-state index in [0.717, 1.165) is 27.6 Å². The number of rotatable bonds is 9. The summed E-state index contributed by atoms with van der Waals surface area (Å²) in [4.78, 5) is 16.6. The molecule has 1 aromatic heterocycles. The Kier molecular flexibility index (Phi) is 6.40. The summed E-state index contributed by atoms with van der Waals surface area (Å²) < 4.78 is 5.75. The third-order valence-electron chi connectivity index (χ3n) is 4.51. The topological polar surface area (TPSA) is 77.2 Å². The van der Waals surface area contributed by atoms with Crippen LogP contribution in [0.15, 0.2) is 67.3 Å². The van der Waals surface area contributed by atoms with Crippen molar-refractivity contribution in [2.75, 3.05) is 6.61 Å². The molecule has 5 heteroatoms. The van der Waals surface area contributed by atoms with E-state index in [2.05, 4.69) is 22.9 Å². The first kappa shape index (κ1) is 19.6. The lowest BCUT2D eigenvalue weighted by Gasteiger charge is -2.17. The fraction of sp³-hybridized carbons (Fsp3) is 0.217. The largest absolute Gasteiger partial charge is 0.473 e. The third kappa shape index (κ3) is 4.96. The second-order valence-electron chi connectivity index (χ2n) is 6.77. The van der Waals surface area contributed by atoms with E-state index in [1.165, 1.54) is 0 Å². The van der Waals surface area contributed by atoms with Gasteiger partial charge in [0, 0.05) is 17.5 Å². The van der Waals surface area contributed by atoms with Crippen LogP contribution in [-0.2, 0) is 17.8 Å². The molecule has 0 aliphatic rings. The Morgan fingerprint density at radius 3 is 2.75 bits per heavy atom. The van der Waals surface area contributed by atoms with Crippen LogP contribution >= 0.6 is 0 Å². The monoisotopic (exact) mass is 375 g/mol. The number of fused-ring (bicyclic) bond motifs is 1. The first-order valence-corrected chi connectivity index (χ1v) is 9.27. The minimum atomic E-state index is -0.483. The Balaban J connectivity index is 1.83. The number of ether oxygens (including phenoxy) is 1. The molecule has 144 valence electrons. The highest BCUT2D eigenvalue weighted by Crippen LogP contribution is 2.23. The lowest BCUT2D eigenvalue weighted by atomic mass is 10.0. The second kappa shape index (κ2) is 9.15. The van der Waals surface area contributed by atoms with Crippen molar-refractivity contribution in [2.45, 2.75) is 25.9 Å². The predicted molar refractivity (Wildman–Crippen MR) is 112 cm³/mol. The summed E-state index contributed by atoms with van der Waals surface area (Å²) in [5.74, 6) is 0.147. The zero-order valence-electron chi connectivity index (χ0n) is 16.0. The average molecular weight is 375 g/mol. The Morgan fingerprint density at radius 2 is 2.04 bits per heavy atom. The van der Waals surface area contributed by atoms with Crippen LogP contribution in [0.2, 0.25) is 0 Å². The molecule has 0 radical (unpaired) electrons. The summed E-state index contributed by atoms with van der Waals surface area (Å²) in [6.45, 7) is 6.52. The molecule has 1 heterocycles. The van der Waals surface area contributed by atoms with Crippen molar-refractivity contribution >= 4 is 16.8 Å². The van der Waals surface area contributed by atoms with E-state index in [1.54, 1.807) is 6.08 Å². The highest BCUT2D eigenvalue weighted by molar-refractivity contribution is 5.81. The van der Waals surface area contributed by atoms with Gasteiger partial charge in [-0.15, -0.1) is 0 Å². The highest BCUT2D eigenvalue weighted by Gasteiger charge is 2.17. The maximum absolute atomic E-state index is 11.9. The molecule has 0 spiro atoms. The molecule has 3 rings (SSSR count). The van der Waals surface area contributed by atoms with Crippen LogP contribution in [0.3, 0.4) is 0 Å². The van der Waals surface area contributed by atoms with E-state index < -0.39 is 6.04 Å². The highest BCUT2D eigenvalue weighted by atomic mass is 16.5. The Hall–Kier alpha value is -3.18. The van der Waals surface area contributed by atoms with Crippen LogP contribution in [-0.4, -0.2) is 23.5 Å². The minimum absolute atomic E-state index is 0.362. The van der Waals surface area contributed by atoms with Gasteiger partial charge in [0.2, 0.25) is 11.8 Å². The van der Waals surface area contributed by atoms with Crippen LogP contribution in [0.25, 0.3) is 10.9 Å². The number of primary amides is 1. The average Bonchev–Trinajstić information content (AvgIpc) is 2.69. The molecule has 1 amide bonds. The van der Waals surface area contributed by atoms with Gasteiger partial charge in [0.1, 0.15) is 6.61 Å². The number of pyridine rings is 1. The molecule has 5 nitrogen and oxygen atoms in total. The fourth-order valence-corrected chi connectivity index (χ4v) is 3.07. The molecule has 0 fully saturated rings. The number of carbonyl (C=O) groups is 1. The summed E-state index contributed by atoms with van der Waals surface area (Å²) in [5, 5.41) is 4.29. The maximum Gasteiger partial charge on any atom is 0.234 e. The molecule has 0 aliphatic heterocycles. The number of carbonyl (C=O) groups excluding carboxylic acids is 1. The van der Waals surface area contributed by atoms with E-state index in [4.69, 9.17) is 10.5 Å². The van der Waals surface area contributed by atoms with Crippen molar-refractivity contribution in [1.29, 1.82) is 0 Å². The lowest BCUT2D eigenvalue weighted by molar-refractivity contribution is -0.120. The quantitative estimate of drug-likeness (QED) is 0.563. The van der Waals surface area contributed by atoms with Gasteiger partial charge in [-0.05, 0) is 37.1 Å². The number of hydrogen-bond acceptors (Lipinski definition) is 4. The summed E-state index contributed by atoms with van der Waals surface area (Å²) in [7, 11) is 0. The Morgan fingerprint density at radius 1 is 1.25 bits per heavy atom. The number of nitrogens with one attached hydrogen (secondary N) is 1. The molecular weight excluding hydrogens is 350 g/mol. The normalized spacial score (nSPS) is 11.9. The predicted octanol–water partition coefficient (Wildman–Crippen LogP) is 3.29. The van der Waals surface area contributed by atoms with E-state index in [0.29, 0.717) is 25.5 Å². The molecule has 0 bridgehead atoms. The molecule has 0 saturated heterocycles. The van der Waals surface area contributed by atoms with Gasteiger partial charge in [0.15, 0.2) is 0 Å². The number of nitrogens with zero attached hydrogens (tertiary/aromatic N) is 1. The van der Waals surface area contributed by atoms with E-state index in [9.17, 15) is 4.79 Å². The van der Waals surface area contributed by atoms with Crippen LogP contribution in [0, 0.1) is 6.92 Å². The molecule has 3 N–H and O–H groups in total. The number of aromatic nitrogens is 1. The van der Waals surface area contributed by atoms with Crippen LogP contribution in [0.5, 0.6) is 5.88 Å². The lowest BCUT2D eigenvalue weighted by Crippen LogP contribution is -2.42. The molecule has 0 unspecified atom stereocenters. The zero-order valence-corrected chi connectivity index (χ0v) is 16.0. The number of aryl methyl sites for hydroxylation is 1. The molecule has 1 atom stereocenters. The SMILES string of the molecule is C=CCOc1nc2ccc(C)cc2cc1CN[C@@H](Cc1ccccc1)C(N)=O. The van der Waals surface area contributed by atoms with Crippen molar-refractivity contribution in [2.24, 2.45) is 5.73 Å². The fourth-order valence-electron chi connectivity index (χ4n) is 3.07. The van der Waals surface area contributed by atoms with Gasteiger partial charge >= 0.3 is 0 Å². The Bertz CT molecular complexity index is 970. The van der Waals surface area contributed by atoms with Gasteiger partial charge in [-0.2, -0.15) is 0 Å². The summed E-state index contributed by atoms with van der Waals surface area (Å²) in [6.07, 6.45) is 2.21. The van der Waals surface area contributed by atoms with Gasteiger partial charge in [0.05, 0.1) is 11.6 Å².